The van der Waals surface area contributed by atoms with Gasteiger partial charge in [-0.1, -0.05) is 6.07 Å². The monoisotopic (exact) mass is 456 g/mol. The number of pyridine rings is 2. The summed E-state index contributed by atoms with van der Waals surface area (Å²) in [6, 6.07) is 7.42. The molecule has 2 atom stereocenters. The van der Waals surface area contributed by atoms with Crippen LogP contribution in [0.2, 0.25) is 0 Å². The van der Waals surface area contributed by atoms with E-state index < -0.39 is 5.60 Å². The highest BCUT2D eigenvalue weighted by molar-refractivity contribution is 6.00. The number of nitrogens with one attached hydrogen (secondary N) is 1. The number of oxazole rings is 1. The Balaban J connectivity index is 1.27. The summed E-state index contributed by atoms with van der Waals surface area (Å²) in [5.41, 5.74) is 2.92. The van der Waals surface area contributed by atoms with Crippen LogP contribution in [0.15, 0.2) is 41.1 Å². The van der Waals surface area contributed by atoms with Crippen LogP contribution in [-0.2, 0) is 15.1 Å². The second-order valence-corrected chi connectivity index (χ2v) is 10.0. The summed E-state index contributed by atoms with van der Waals surface area (Å²) in [7, 11) is 0. The zero-order valence-electron chi connectivity index (χ0n) is 18.8. The van der Waals surface area contributed by atoms with Crippen LogP contribution in [0.25, 0.3) is 33.3 Å². The molecule has 3 aromatic heterocycles. The summed E-state index contributed by atoms with van der Waals surface area (Å²) < 4.78 is 11.5. The molecule has 8 heteroatoms. The number of anilines is 1. The smallest absolute Gasteiger partial charge is 0.229 e. The lowest BCUT2D eigenvalue weighted by molar-refractivity contribution is -0.117. The number of aromatic nitrogens is 3. The van der Waals surface area contributed by atoms with Gasteiger partial charge in [-0.15, -0.1) is 0 Å². The first kappa shape index (κ1) is 20.1. The molecule has 1 aromatic carbocycles. The Morgan fingerprint density at radius 2 is 2.03 bits per heavy atom. The molecule has 3 fully saturated rings. The van der Waals surface area contributed by atoms with Gasteiger partial charge in [-0.3, -0.25) is 9.78 Å². The first-order valence-corrected chi connectivity index (χ1v) is 11.7. The molecule has 2 aliphatic carbocycles. The van der Waals surface area contributed by atoms with Crippen molar-refractivity contribution in [1.29, 1.82) is 0 Å². The summed E-state index contributed by atoms with van der Waals surface area (Å²) in [4.78, 5) is 26.3. The number of carbonyl (C=O) groups excluding carboxylic acids is 1. The molecule has 2 N–H and O–H groups in total. The van der Waals surface area contributed by atoms with Crippen LogP contribution in [-0.4, -0.2) is 39.2 Å². The van der Waals surface area contributed by atoms with E-state index in [2.05, 4.69) is 15.3 Å². The molecule has 4 heterocycles. The second-order valence-electron chi connectivity index (χ2n) is 10.0. The topological polar surface area (TPSA) is 110 Å². The number of ether oxygens (including phenoxy) is 1. The quantitative estimate of drug-likeness (QED) is 0.476. The molecule has 2 saturated carbocycles. The highest BCUT2D eigenvalue weighted by atomic mass is 16.5. The fraction of sp³-hybridized carbons (Fsp3) is 0.385. The molecule has 34 heavy (non-hydrogen) atoms. The van der Waals surface area contributed by atoms with Gasteiger partial charge in [0.25, 0.3) is 0 Å². The van der Waals surface area contributed by atoms with Gasteiger partial charge in [0.05, 0.1) is 12.2 Å². The molecule has 172 valence electrons. The molecule has 1 spiro atoms. The molecular formula is C26H24N4O4. The second kappa shape index (κ2) is 6.84. The predicted octanol–water partition coefficient (Wildman–Crippen LogP) is 4.09. The Labute approximate surface area is 195 Å². The minimum Gasteiger partial charge on any atom is -0.436 e. The zero-order chi connectivity index (χ0) is 23.1. The van der Waals surface area contributed by atoms with E-state index in [4.69, 9.17) is 14.1 Å². The third kappa shape index (κ3) is 3.05. The molecular weight excluding hydrogens is 432 g/mol. The Hall–Kier alpha value is -3.36. The minimum atomic E-state index is -0.995. The van der Waals surface area contributed by atoms with E-state index in [0.29, 0.717) is 41.3 Å². The maximum absolute atomic E-state index is 12.6. The third-order valence-corrected chi connectivity index (χ3v) is 7.78. The Bertz CT molecular complexity index is 1480. The van der Waals surface area contributed by atoms with Crippen molar-refractivity contribution < 1.29 is 19.1 Å². The number of fused-ring (bicyclic) bond motifs is 2. The fourth-order valence-corrected chi connectivity index (χ4v) is 5.26. The molecule has 7 rings (SSSR count). The molecule has 8 nitrogen and oxygen atoms in total. The Kier molecular flexibility index (Phi) is 4.03. The van der Waals surface area contributed by atoms with Crippen molar-refractivity contribution in [2.45, 2.75) is 38.2 Å². The van der Waals surface area contributed by atoms with Gasteiger partial charge in [0, 0.05) is 47.8 Å². The molecule has 0 radical (unpaired) electrons. The number of aryl methyl sites for hydroxylation is 1. The van der Waals surface area contributed by atoms with Gasteiger partial charge in [0.15, 0.2) is 5.58 Å². The molecule has 1 saturated heterocycles. The molecule has 1 amide bonds. The predicted molar refractivity (Wildman–Crippen MR) is 125 cm³/mol. The summed E-state index contributed by atoms with van der Waals surface area (Å²) in [5.74, 6) is 1.13. The standard InChI is InChI=1S/C26H24N4O4/c1-14-17-11-28-22(30-23(31)19-10-25(19)4-5-25)9-16(17)18(12-27-14)24-29-20-8-15(2-3-21(20)34-24)26(32)6-7-33-13-26/h2-3,8-9,11-12,19,32H,4-7,10,13H2,1H3,(H,28,30,31)/t19-,26+/m0/s1. The van der Waals surface area contributed by atoms with E-state index in [1.807, 2.05) is 31.2 Å². The first-order valence-electron chi connectivity index (χ1n) is 11.7. The van der Waals surface area contributed by atoms with Crippen LogP contribution < -0.4 is 5.32 Å². The number of aliphatic hydroxyl groups is 1. The maximum Gasteiger partial charge on any atom is 0.229 e. The lowest BCUT2D eigenvalue weighted by Crippen LogP contribution is -2.25. The number of hydrogen-bond donors (Lipinski definition) is 2. The number of hydrogen-bond acceptors (Lipinski definition) is 7. The van der Waals surface area contributed by atoms with Crippen LogP contribution in [0, 0.1) is 18.3 Å². The van der Waals surface area contributed by atoms with E-state index in [1.54, 1.807) is 12.4 Å². The normalized spacial score (nSPS) is 24.7. The van der Waals surface area contributed by atoms with Crippen molar-refractivity contribution in [2.75, 3.05) is 18.5 Å². The van der Waals surface area contributed by atoms with Crippen LogP contribution in [0.3, 0.4) is 0 Å². The van der Waals surface area contributed by atoms with Crippen molar-refractivity contribution in [3.05, 3.63) is 47.9 Å². The van der Waals surface area contributed by atoms with Gasteiger partial charge in [-0.25, -0.2) is 9.97 Å². The number of nitrogens with zero attached hydrogens (tertiary/aromatic N) is 3. The molecule has 3 aliphatic rings. The highest BCUT2D eigenvalue weighted by Crippen LogP contribution is 2.70. The van der Waals surface area contributed by atoms with E-state index >= 15 is 0 Å². The lowest BCUT2D eigenvalue weighted by Gasteiger charge is -2.20. The number of rotatable bonds is 4. The average molecular weight is 457 g/mol. The van der Waals surface area contributed by atoms with Crippen molar-refractivity contribution in [1.82, 2.24) is 15.0 Å². The van der Waals surface area contributed by atoms with Crippen LogP contribution in [0.4, 0.5) is 5.82 Å². The van der Waals surface area contributed by atoms with Gasteiger partial charge in [-0.2, -0.15) is 0 Å². The Morgan fingerprint density at radius 3 is 2.79 bits per heavy atom. The van der Waals surface area contributed by atoms with E-state index in [-0.39, 0.29) is 18.4 Å². The third-order valence-electron chi connectivity index (χ3n) is 7.78. The minimum absolute atomic E-state index is 0.0555. The summed E-state index contributed by atoms with van der Waals surface area (Å²) >= 11 is 0. The van der Waals surface area contributed by atoms with Crippen LogP contribution in [0.1, 0.15) is 36.9 Å². The highest BCUT2D eigenvalue weighted by Gasteiger charge is 2.65. The van der Waals surface area contributed by atoms with E-state index in [9.17, 15) is 9.90 Å². The van der Waals surface area contributed by atoms with Gasteiger partial charge in [0.1, 0.15) is 16.9 Å². The average Bonchev–Trinajstić information content (AvgIpc) is 3.65. The SMILES string of the molecule is Cc1ncc(-c2nc3cc([C@@]4(O)CCOC4)ccc3o2)c2cc(NC(=O)[C@@H]3CC34CC4)ncc12. The maximum atomic E-state index is 12.6. The van der Waals surface area contributed by atoms with Gasteiger partial charge < -0.3 is 19.6 Å². The van der Waals surface area contributed by atoms with Crippen molar-refractivity contribution in [2.24, 2.45) is 11.3 Å². The van der Waals surface area contributed by atoms with E-state index in [0.717, 1.165) is 46.9 Å². The fourth-order valence-electron chi connectivity index (χ4n) is 5.26. The number of benzene rings is 1. The van der Waals surface area contributed by atoms with Gasteiger partial charge in [-0.05, 0) is 55.4 Å². The number of amides is 1. The lowest BCUT2D eigenvalue weighted by atomic mass is 9.93. The van der Waals surface area contributed by atoms with Crippen LogP contribution >= 0.6 is 0 Å². The van der Waals surface area contributed by atoms with Crippen LogP contribution in [0.5, 0.6) is 0 Å². The van der Waals surface area contributed by atoms with Gasteiger partial charge >= 0.3 is 0 Å². The molecule has 0 bridgehead atoms. The summed E-state index contributed by atoms with van der Waals surface area (Å²) in [5, 5.41) is 15.6. The van der Waals surface area contributed by atoms with Crippen molar-refractivity contribution in [3.63, 3.8) is 0 Å². The molecule has 4 aromatic rings. The van der Waals surface area contributed by atoms with E-state index in [1.165, 1.54) is 0 Å². The summed E-state index contributed by atoms with van der Waals surface area (Å²) in [6.45, 7) is 2.74. The molecule has 1 aliphatic heterocycles. The van der Waals surface area contributed by atoms with Crippen molar-refractivity contribution in [3.8, 4) is 11.5 Å². The first-order chi connectivity index (χ1) is 16.4. The van der Waals surface area contributed by atoms with Crippen molar-refractivity contribution >= 4 is 33.6 Å². The zero-order valence-corrected chi connectivity index (χ0v) is 18.8. The molecule has 0 unspecified atom stereocenters. The largest absolute Gasteiger partial charge is 0.436 e. The summed E-state index contributed by atoms with van der Waals surface area (Å²) in [6.07, 6.45) is 7.36. The van der Waals surface area contributed by atoms with Gasteiger partial charge in [0.2, 0.25) is 11.8 Å². The Morgan fingerprint density at radius 1 is 1.15 bits per heavy atom. The number of carbonyl (C=O) groups is 1.